The van der Waals surface area contributed by atoms with E-state index in [1.54, 1.807) is 0 Å². The largest absolute Gasteiger partial charge is 0.382 e. The molecular formula is C14H20N4OS. The zero-order valence-electron chi connectivity index (χ0n) is 11.5. The number of likely N-dealkylation sites (tertiary alicyclic amines) is 1. The average Bonchev–Trinajstić information content (AvgIpc) is 3.07. The highest BCUT2D eigenvalue weighted by atomic mass is 32.1. The molecule has 108 valence electrons. The van der Waals surface area contributed by atoms with E-state index in [9.17, 15) is 4.79 Å². The van der Waals surface area contributed by atoms with Crippen molar-refractivity contribution in [1.29, 1.82) is 0 Å². The van der Waals surface area contributed by atoms with Crippen molar-refractivity contribution < 1.29 is 4.79 Å². The van der Waals surface area contributed by atoms with Crippen molar-refractivity contribution >= 4 is 28.2 Å². The second-order valence-corrected chi connectivity index (χ2v) is 7.30. The molecule has 3 N–H and O–H groups in total. The number of carbonyl (C=O) groups is 1. The van der Waals surface area contributed by atoms with Crippen LogP contribution >= 0.6 is 11.3 Å². The van der Waals surface area contributed by atoms with Crippen molar-refractivity contribution in [2.45, 2.75) is 50.6 Å². The van der Waals surface area contributed by atoms with Gasteiger partial charge in [0.2, 0.25) is 0 Å². The molecule has 2 heterocycles. The molecule has 2 atom stereocenters. The summed E-state index contributed by atoms with van der Waals surface area (Å²) in [6.07, 6.45) is 7.28. The highest BCUT2D eigenvalue weighted by Gasteiger charge is 2.41. The Morgan fingerprint density at radius 1 is 1.35 bits per heavy atom. The zero-order valence-corrected chi connectivity index (χ0v) is 12.3. The average molecular weight is 292 g/mol. The van der Waals surface area contributed by atoms with E-state index in [0.717, 1.165) is 18.1 Å². The summed E-state index contributed by atoms with van der Waals surface area (Å²) in [5.74, 6) is 1.20. The molecule has 1 aromatic heterocycles. The summed E-state index contributed by atoms with van der Waals surface area (Å²) in [4.78, 5) is 19.6. The predicted molar refractivity (Wildman–Crippen MR) is 80.0 cm³/mol. The number of nitrogens with two attached hydrogens (primary N) is 1. The number of amides is 1. The van der Waals surface area contributed by atoms with Crippen molar-refractivity contribution in [3.8, 4) is 0 Å². The number of hydrogen-bond donors (Lipinski definition) is 2. The molecule has 4 rings (SSSR count). The third-order valence-corrected chi connectivity index (χ3v) is 5.94. The molecule has 6 heteroatoms. The lowest BCUT2D eigenvalue weighted by atomic mass is 9.93. The Balaban J connectivity index is 1.51. The fourth-order valence-electron chi connectivity index (χ4n) is 3.58. The number of aromatic nitrogens is 1. The van der Waals surface area contributed by atoms with Gasteiger partial charge in [-0.05, 0) is 44.4 Å². The molecule has 0 aromatic carbocycles. The molecule has 2 unspecified atom stereocenters. The van der Waals surface area contributed by atoms with Gasteiger partial charge in [-0.25, -0.2) is 4.98 Å². The van der Waals surface area contributed by atoms with E-state index in [1.807, 2.05) is 4.90 Å². The lowest BCUT2D eigenvalue weighted by molar-refractivity contribution is 0.0709. The van der Waals surface area contributed by atoms with Crippen LogP contribution in [0.15, 0.2) is 0 Å². The Hall–Kier alpha value is -1.30. The Labute approximate surface area is 122 Å². The minimum absolute atomic E-state index is 0.0915. The summed E-state index contributed by atoms with van der Waals surface area (Å²) in [7, 11) is 0. The molecule has 2 aliphatic carbocycles. The number of hydrogen-bond acceptors (Lipinski definition) is 5. The second kappa shape index (κ2) is 4.62. The van der Waals surface area contributed by atoms with Gasteiger partial charge < -0.3 is 16.0 Å². The maximum Gasteiger partial charge on any atom is 0.268 e. The van der Waals surface area contributed by atoms with Gasteiger partial charge in [0.25, 0.3) is 5.91 Å². The first-order valence-corrected chi connectivity index (χ1v) is 8.36. The number of thiazole rings is 1. The summed E-state index contributed by atoms with van der Waals surface area (Å²) >= 11 is 1.42. The summed E-state index contributed by atoms with van der Waals surface area (Å²) < 4.78 is 0. The maximum absolute atomic E-state index is 12.6. The lowest BCUT2D eigenvalue weighted by Gasteiger charge is -2.26. The fourth-order valence-corrected chi connectivity index (χ4v) is 4.50. The zero-order chi connectivity index (χ0) is 13.7. The van der Waals surface area contributed by atoms with E-state index in [2.05, 4.69) is 10.3 Å². The standard InChI is InChI=1S/C14H20N4OS/c15-12-11(20-14(17-12)16-9-2-1-3-9)13(19)18-7-8-4-5-10(18)6-8/h8-10H,1-7,15H2,(H,16,17). The molecule has 3 aliphatic rings. The van der Waals surface area contributed by atoms with Crippen molar-refractivity contribution in [3.63, 3.8) is 0 Å². The highest BCUT2D eigenvalue weighted by Crippen LogP contribution is 2.39. The van der Waals surface area contributed by atoms with E-state index < -0.39 is 0 Å². The first kappa shape index (κ1) is 12.4. The van der Waals surface area contributed by atoms with Gasteiger partial charge in [0.05, 0.1) is 0 Å². The Morgan fingerprint density at radius 2 is 2.20 bits per heavy atom. The van der Waals surface area contributed by atoms with Gasteiger partial charge in [-0.1, -0.05) is 11.3 Å². The van der Waals surface area contributed by atoms with E-state index in [0.29, 0.717) is 28.7 Å². The number of anilines is 2. The molecule has 1 aliphatic heterocycles. The van der Waals surface area contributed by atoms with Gasteiger partial charge in [-0.15, -0.1) is 0 Å². The highest BCUT2D eigenvalue weighted by molar-refractivity contribution is 7.18. The predicted octanol–water partition coefficient (Wildman–Crippen LogP) is 2.31. The number of nitrogens with zero attached hydrogens (tertiary/aromatic N) is 2. The second-order valence-electron chi connectivity index (χ2n) is 6.30. The number of rotatable bonds is 3. The van der Waals surface area contributed by atoms with Gasteiger partial charge in [-0.2, -0.15) is 0 Å². The van der Waals surface area contributed by atoms with Gasteiger partial charge in [0.1, 0.15) is 10.7 Å². The maximum atomic E-state index is 12.6. The quantitative estimate of drug-likeness (QED) is 0.897. The SMILES string of the molecule is Nc1nc(NC2CCC2)sc1C(=O)N1CC2CCC1C2. The van der Waals surface area contributed by atoms with Gasteiger partial charge in [0, 0.05) is 18.6 Å². The van der Waals surface area contributed by atoms with Gasteiger partial charge in [-0.3, -0.25) is 4.79 Å². The van der Waals surface area contributed by atoms with Crippen LogP contribution in [0, 0.1) is 5.92 Å². The number of carbonyl (C=O) groups excluding carboxylic acids is 1. The number of fused-ring (bicyclic) bond motifs is 2. The molecule has 0 radical (unpaired) electrons. The Bertz CT molecular complexity index is 539. The first-order chi connectivity index (χ1) is 9.70. The normalized spacial score (nSPS) is 28.7. The van der Waals surface area contributed by atoms with Crippen molar-refractivity contribution in [1.82, 2.24) is 9.88 Å². The molecule has 20 heavy (non-hydrogen) atoms. The summed E-state index contributed by atoms with van der Waals surface area (Å²) in [5.41, 5.74) is 5.96. The minimum atomic E-state index is 0.0915. The van der Waals surface area contributed by atoms with Crippen LogP contribution in [0.2, 0.25) is 0 Å². The fraction of sp³-hybridized carbons (Fsp3) is 0.714. The molecule has 0 spiro atoms. The number of nitrogen functional groups attached to an aromatic ring is 1. The summed E-state index contributed by atoms with van der Waals surface area (Å²) in [6, 6.07) is 0.961. The molecule has 5 nitrogen and oxygen atoms in total. The lowest BCUT2D eigenvalue weighted by Crippen LogP contribution is -2.37. The first-order valence-electron chi connectivity index (χ1n) is 7.54. The van der Waals surface area contributed by atoms with Crippen LogP contribution in [0.1, 0.15) is 48.2 Å². The van der Waals surface area contributed by atoms with Crippen LogP contribution in [-0.4, -0.2) is 34.4 Å². The topological polar surface area (TPSA) is 71.2 Å². The molecule has 1 saturated heterocycles. The minimum Gasteiger partial charge on any atom is -0.382 e. The van der Waals surface area contributed by atoms with Crippen molar-refractivity contribution in [3.05, 3.63) is 4.88 Å². The molecule has 2 saturated carbocycles. The van der Waals surface area contributed by atoms with E-state index >= 15 is 0 Å². The molecule has 1 amide bonds. The van der Waals surface area contributed by atoms with Crippen LogP contribution in [0.25, 0.3) is 0 Å². The number of nitrogens with one attached hydrogen (secondary N) is 1. The van der Waals surface area contributed by atoms with Crippen LogP contribution < -0.4 is 11.1 Å². The number of piperidine rings is 1. The smallest absolute Gasteiger partial charge is 0.268 e. The Morgan fingerprint density at radius 3 is 2.80 bits per heavy atom. The molecule has 3 fully saturated rings. The summed E-state index contributed by atoms with van der Waals surface area (Å²) in [5, 5.41) is 4.18. The monoisotopic (exact) mass is 292 g/mol. The van der Waals surface area contributed by atoms with Gasteiger partial charge >= 0.3 is 0 Å². The van der Waals surface area contributed by atoms with Crippen LogP contribution in [-0.2, 0) is 0 Å². The molecular weight excluding hydrogens is 272 g/mol. The van der Waals surface area contributed by atoms with E-state index in [1.165, 1.54) is 43.4 Å². The van der Waals surface area contributed by atoms with E-state index in [-0.39, 0.29) is 5.91 Å². The van der Waals surface area contributed by atoms with E-state index in [4.69, 9.17) is 5.73 Å². The van der Waals surface area contributed by atoms with Crippen molar-refractivity contribution in [2.75, 3.05) is 17.6 Å². The molecule has 2 bridgehead atoms. The van der Waals surface area contributed by atoms with Crippen LogP contribution in [0.4, 0.5) is 10.9 Å². The third kappa shape index (κ3) is 1.97. The Kier molecular flexibility index (Phi) is 2.87. The van der Waals surface area contributed by atoms with Crippen molar-refractivity contribution in [2.24, 2.45) is 5.92 Å². The van der Waals surface area contributed by atoms with Crippen LogP contribution in [0.3, 0.4) is 0 Å². The summed E-state index contributed by atoms with van der Waals surface area (Å²) in [6.45, 7) is 0.909. The third-order valence-electron chi connectivity index (χ3n) is 4.95. The van der Waals surface area contributed by atoms with Crippen LogP contribution in [0.5, 0.6) is 0 Å². The van der Waals surface area contributed by atoms with Gasteiger partial charge in [0.15, 0.2) is 5.13 Å². The molecule has 1 aromatic rings.